The quantitative estimate of drug-likeness (QED) is 0.435. The Morgan fingerprint density at radius 2 is 2.06 bits per heavy atom. The number of ether oxygens (including phenoxy) is 1. The Bertz CT molecular complexity index is 1520. The van der Waals surface area contributed by atoms with Crippen LogP contribution in [-0.2, 0) is 13.6 Å². The first-order chi connectivity index (χ1) is 16.8. The van der Waals surface area contributed by atoms with Gasteiger partial charge in [0.05, 0.1) is 16.8 Å². The SMILES string of the molecule is Cc1cc(Cl)cc(-c2ccnc3cc(Cn4c(=O)ccn(C)c4=O)sc23)c1O[C@H]1CNCC[C@H]1C. The number of aromatic nitrogens is 3. The Labute approximate surface area is 212 Å². The van der Waals surface area contributed by atoms with Gasteiger partial charge in [0.1, 0.15) is 11.9 Å². The molecule has 0 amide bonds. The smallest absolute Gasteiger partial charge is 0.331 e. The number of aryl methyl sites for hydroxylation is 2. The van der Waals surface area contributed by atoms with Gasteiger partial charge in [-0.15, -0.1) is 11.3 Å². The lowest BCUT2D eigenvalue weighted by molar-refractivity contribution is 0.115. The van der Waals surface area contributed by atoms with E-state index in [0.29, 0.717) is 10.9 Å². The summed E-state index contributed by atoms with van der Waals surface area (Å²) in [4.78, 5) is 30.3. The van der Waals surface area contributed by atoms with Crippen molar-refractivity contribution in [2.75, 3.05) is 13.1 Å². The lowest BCUT2D eigenvalue weighted by Gasteiger charge is -2.31. The molecule has 3 aromatic heterocycles. The third-order valence-corrected chi connectivity index (χ3v) is 7.93. The van der Waals surface area contributed by atoms with Crippen molar-refractivity contribution in [3.8, 4) is 16.9 Å². The second-order valence-electron chi connectivity index (χ2n) is 9.14. The molecular weight excluding hydrogens is 484 g/mol. The van der Waals surface area contributed by atoms with Crippen molar-refractivity contribution in [2.24, 2.45) is 13.0 Å². The third kappa shape index (κ3) is 4.66. The Kier molecular flexibility index (Phi) is 6.53. The molecule has 4 heterocycles. The Hall–Kier alpha value is -2.94. The van der Waals surface area contributed by atoms with E-state index in [1.54, 1.807) is 13.2 Å². The lowest BCUT2D eigenvalue weighted by Crippen LogP contribution is -2.43. The zero-order valence-electron chi connectivity index (χ0n) is 19.9. The van der Waals surface area contributed by atoms with E-state index in [1.807, 2.05) is 31.2 Å². The topological polar surface area (TPSA) is 78.2 Å². The van der Waals surface area contributed by atoms with Crippen LogP contribution in [-0.4, -0.2) is 33.3 Å². The Morgan fingerprint density at radius 1 is 1.23 bits per heavy atom. The highest BCUT2D eigenvalue weighted by Crippen LogP contribution is 2.42. The molecule has 1 aromatic carbocycles. The fourth-order valence-corrected chi connectivity index (χ4v) is 5.95. The van der Waals surface area contributed by atoms with Crippen molar-refractivity contribution in [2.45, 2.75) is 32.9 Å². The standard InChI is InChI=1S/C26H27ClN4O3S/c1-15-4-7-28-13-22(15)34-24-16(2)10-17(27)11-20(24)19-5-8-29-21-12-18(35-25(19)21)14-31-23(32)6-9-30(3)26(31)33/h5-6,8-12,15,22,28H,4,7,13-14H2,1-3H3/t15-,22+/m1/s1. The van der Waals surface area contributed by atoms with Gasteiger partial charge in [-0.2, -0.15) is 0 Å². The van der Waals surface area contributed by atoms with E-state index in [1.165, 1.54) is 32.7 Å². The van der Waals surface area contributed by atoms with Gasteiger partial charge in [-0.1, -0.05) is 18.5 Å². The van der Waals surface area contributed by atoms with E-state index < -0.39 is 0 Å². The van der Waals surface area contributed by atoms with Crippen molar-refractivity contribution in [1.82, 2.24) is 19.4 Å². The van der Waals surface area contributed by atoms with E-state index in [2.05, 4.69) is 17.2 Å². The van der Waals surface area contributed by atoms with Gasteiger partial charge in [-0.3, -0.25) is 14.3 Å². The number of fused-ring (bicyclic) bond motifs is 1. The molecule has 1 N–H and O–H groups in total. The van der Waals surface area contributed by atoms with Crippen LogP contribution in [0.3, 0.4) is 0 Å². The largest absolute Gasteiger partial charge is 0.488 e. The molecule has 9 heteroatoms. The molecule has 1 aliphatic heterocycles. The third-order valence-electron chi connectivity index (χ3n) is 6.57. The number of nitrogens with zero attached hydrogens (tertiary/aromatic N) is 3. The van der Waals surface area contributed by atoms with Crippen LogP contribution < -0.4 is 21.3 Å². The summed E-state index contributed by atoms with van der Waals surface area (Å²) in [6.07, 6.45) is 4.39. The number of nitrogens with one attached hydrogen (secondary N) is 1. The highest BCUT2D eigenvalue weighted by atomic mass is 35.5. The highest BCUT2D eigenvalue weighted by molar-refractivity contribution is 7.19. The molecule has 5 rings (SSSR count). The zero-order valence-corrected chi connectivity index (χ0v) is 21.4. The molecule has 1 aliphatic rings. The second-order valence-corrected chi connectivity index (χ2v) is 10.7. The predicted molar refractivity (Wildman–Crippen MR) is 141 cm³/mol. The molecule has 0 aliphatic carbocycles. The van der Waals surface area contributed by atoms with Gasteiger partial charge in [-0.05, 0) is 55.6 Å². The van der Waals surface area contributed by atoms with Gasteiger partial charge < -0.3 is 14.6 Å². The maximum atomic E-state index is 12.5. The molecule has 0 saturated carbocycles. The molecule has 0 spiro atoms. The Morgan fingerprint density at radius 3 is 2.86 bits per heavy atom. The molecule has 7 nitrogen and oxygen atoms in total. The fraction of sp³-hybridized carbons (Fsp3) is 0.346. The van der Waals surface area contributed by atoms with E-state index in [0.717, 1.165) is 57.0 Å². The number of halogens is 1. The maximum absolute atomic E-state index is 12.5. The lowest BCUT2D eigenvalue weighted by atomic mass is 9.96. The van der Waals surface area contributed by atoms with Gasteiger partial charge in [0, 0.05) is 53.1 Å². The zero-order chi connectivity index (χ0) is 24.7. The van der Waals surface area contributed by atoms with Gasteiger partial charge in [0.2, 0.25) is 0 Å². The predicted octanol–water partition coefficient (Wildman–Crippen LogP) is 4.21. The number of pyridine rings is 1. The molecule has 1 saturated heterocycles. The van der Waals surface area contributed by atoms with Gasteiger partial charge in [0.15, 0.2) is 0 Å². The average molecular weight is 511 g/mol. The van der Waals surface area contributed by atoms with Crippen molar-refractivity contribution < 1.29 is 4.74 Å². The summed E-state index contributed by atoms with van der Waals surface area (Å²) in [5.74, 6) is 1.27. The molecule has 35 heavy (non-hydrogen) atoms. The van der Waals surface area contributed by atoms with Gasteiger partial charge in [-0.25, -0.2) is 4.79 Å². The summed E-state index contributed by atoms with van der Waals surface area (Å²) in [6, 6.07) is 9.18. The van der Waals surface area contributed by atoms with Crippen LogP contribution >= 0.6 is 22.9 Å². The molecule has 1 fully saturated rings. The van der Waals surface area contributed by atoms with Crippen LogP contribution in [0, 0.1) is 12.8 Å². The summed E-state index contributed by atoms with van der Waals surface area (Å²) in [6.45, 7) is 6.24. The van der Waals surface area contributed by atoms with Crippen molar-refractivity contribution in [3.63, 3.8) is 0 Å². The summed E-state index contributed by atoms with van der Waals surface area (Å²) in [5.41, 5.74) is 3.00. The number of benzene rings is 1. The number of thiophene rings is 1. The average Bonchev–Trinajstić information content (AvgIpc) is 3.25. The van der Waals surface area contributed by atoms with Crippen LogP contribution in [0.5, 0.6) is 5.75 Å². The molecular formula is C26H27ClN4O3S. The van der Waals surface area contributed by atoms with Crippen LogP contribution in [0.15, 0.2) is 52.3 Å². The number of piperidine rings is 1. The van der Waals surface area contributed by atoms with E-state index in [-0.39, 0.29) is 23.9 Å². The summed E-state index contributed by atoms with van der Waals surface area (Å²) < 4.78 is 10.2. The van der Waals surface area contributed by atoms with Gasteiger partial charge >= 0.3 is 5.69 Å². The van der Waals surface area contributed by atoms with E-state index >= 15 is 0 Å². The maximum Gasteiger partial charge on any atom is 0.331 e. The van der Waals surface area contributed by atoms with Crippen LogP contribution in [0.4, 0.5) is 0 Å². The molecule has 2 atom stereocenters. The molecule has 182 valence electrons. The van der Waals surface area contributed by atoms with Gasteiger partial charge in [0.25, 0.3) is 5.56 Å². The normalized spacial score (nSPS) is 18.2. The van der Waals surface area contributed by atoms with Crippen molar-refractivity contribution in [1.29, 1.82) is 0 Å². The Balaban J connectivity index is 1.59. The van der Waals surface area contributed by atoms with E-state index in [4.69, 9.17) is 16.3 Å². The minimum absolute atomic E-state index is 0.0692. The minimum atomic E-state index is -0.348. The summed E-state index contributed by atoms with van der Waals surface area (Å²) in [5, 5.41) is 4.07. The monoisotopic (exact) mass is 510 g/mol. The number of hydrogen-bond acceptors (Lipinski definition) is 6. The number of hydrogen-bond donors (Lipinski definition) is 1. The summed E-state index contributed by atoms with van der Waals surface area (Å²) in [7, 11) is 1.63. The second kappa shape index (κ2) is 9.60. The first-order valence-corrected chi connectivity index (χ1v) is 12.8. The van der Waals surface area contributed by atoms with Crippen molar-refractivity contribution >= 4 is 33.2 Å². The highest BCUT2D eigenvalue weighted by Gasteiger charge is 2.25. The molecule has 0 unspecified atom stereocenters. The minimum Gasteiger partial charge on any atom is -0.488 e. The summed E-state index contributed by atoms with van der Waals surface area (Å²) >= 11 is 8.02. The fourth-order valence-electron chi connectivity index (χ4n) is 4.55. The van der Waals surface area contributed by atoms with Crippen LogP contribution in [0.25, 0.3) is 21.3 Å². The van der Waals surface area contributed by atoms with Crippen molar-refractivity contribution in [3.05, 3.63) is 79.0 Å². The molecule has 4 aromatic rings. The molecule has 0 radical (unpaired) electrons. The first-order valence-electron chi connectivity index (χ1n) is 11.6. The van der Waals surface area contributed by atoms with E-state index in [9.17, 15) is 9.59 Å². The first kappa shape index (κ1) is 23.8. The molecule has 0 bridgehead atoms. The number of rotatable bonds is 5. The van der Waals surface area contributed by atoms with Crippen LogP contribution in [0.1, 0.15) is 23.8 Å². The van der Waals surface area contributed by atoms with Crippen LogP contribution in [0.2, 0.25) is 5.02 Å².